The highest BCUT2D eigenvalue weighted by Crippen LogP contribution is 2.25. The van der Waals surface area contributed by atoms with Gasteiger partial charge < -0.3 is 0 Å². The quantitative estimate of drug-likeness (QED) is 0.760. The number of hydrogen-bond acceptors (Lipinski definition) is 5. The third-order valence-electron chi connectivity index (χ3n) is 2.28. The van der Waals surface area contributed by atoms with Gasteiger partial charge in [-0.2, -0.15) is 5.10 Å². The maximum absolute atomic E-state index is 11.7. The van der Waals surface area contributed by atoms with Gasteiger partial charge in [-0.25, -0.2) is 13.4 Å². The van der Waals surface area contributed by atoms with E-state index in [9.17, 15) is 8.42 Å². The Kier molecular flexibility index (Phi) is 5.27. The summed E-state index contributed by atoms with van der Waals surface area (Å²) in [5.74, 6) is 0.346. The van der Waals surface area contributed by atoms with Crippen LogP contribution in [-0.2, 0) is 10.0 Å². The zero-order valence-electron chi connectivity index (χ0n) is 10.4. The lowest BCUT2D eigenvalue weighted by Gasteiger charge is -2.07. The Morgan fingerprint density at radius 2 is 2.05 bits per heavy atom. The summed E-state index contributed by atoms with van der Waals surface area (Å²) in [7, 11) is -3.33. The molecule has 2 rings (SSSR count). The summed E-state index contributed by atoms with van der Waals surface area (Å²) in [5.41, 5.74) is 0.529. The van der Waals surface area contributed by atoms with Crippen molar-refractivity contribution in [1.82, 2.24) is 15.2 Å². The van der Waals surface area contributed by atoms with Gasteiger partial charge in [-0.3, -0.25) is 9.82 Å². The van der Waals surface area contributed by atoms with E-state index in [1.807, 2.05) is 12.1 Å². The summed E-state index contributed by atoms with van der Waals surface area (Å²) in [6, 6.07) is 7.03. The molecule has 0 amide bonds. The van der Waals surface area contributed by atoms with E-state index in [0.717, 1.165) is 4.90 Å². The highest BCUT2D eigenvalue weighted by atomic mass is 35.5. The van der Waals surface area contributed by atoms with Gasteiger partial charge in [0.05, 0.1) is 5.75 Å². The predicted octanol–water partition coefficient (Wildman–Crippen LogP) is 2.33. The van der Waals surface area contributed by atoms with E-state index < -0.39 is 10.0 Å². The third kappa shape index (κ3) is 4.69. The molecule has 2 N–H and O–H groups in total. The SMILES string of the molecule is O=S(=O)(CCCCl)Nc1ccc(Sc2ncn[nH]2)cc1. The maximum atomic E-state index is 11.7. The van der Waals surface area contributed by atoms with Crippen molar-refractivity contribution in [3.63, 3.8) is 0 Å². The van der Waals surface area contributed by atoms with Gasteiger partial charge in [0.15, 0.2) is 5.16 Å². The van der Waals surface area contributed by atoms with Crippen LogP contribution in [0.4, 0.5) is 5.69 Å². The molecule has 20 heavy (non-hydrogen) atoms. The third-order valence-corrected chi connectivity index (χ3v) is 4.82. The highest BCUT2D eigenvalue weighted by molar-refractivity contribution is 7.99. The van der Waals surface area contributed by atoms with Crippen molar-refractivity contribution in [2.24, 2.45) is 0 Å². The van der Waals surface area contributed by atoms with Gasteiger partial charge in [0.1, 0.15) is 6.33 Å². The minimum atomic E-state index is -3.33. The summed E-state index contributed by atoms with van der Waals surface area (Å²) in [5, 5.41) is 7.17. The molecule has 2 aromatic rings. The topological polar surface area (TPSA) is 87.7 Å². The molecule has 0 radical (unpaired) electrons. The fourth-order valence-corrected chi connectivity index (χ4v) is 3.53. The average Bonchev–Trinajstić information content (AvgIpc) is 2.91. The molecule has 0 saturated carbocycles. The van der Waals surface area contributed by atoms with E-state index >= 15 is 0 Å². The molecule has 9 heteroatoms. The van der Waals surface area contributed by atoms with Crippen LogP contribution in [0, 0.1) is 0 Å². The number of anilines is 1. The fourth-order valence-electron chi connectivity index (χ4n) is 1.42. The van der Waals surface area contributed by atoms with Gasteiger partial charge >= 0.3 is 0 Å². The van der Waals surface area contributed by atoms with Crippen LogP contribution in [0.15, 0.2) is 40.6 Å². The highest BCUT2D eigenvalue weighted by Gasteiger charge is 2.09. The van der Waals surface area contributed by atoms with Crippen LogP contribution >= 0.6 is 23.4 Å². The first kappa shape index (κ1) is 15.1. The molecule has 1 aromatic carbocycles. The Hall–Kier alpha value is -1.25. The molecular formula is C11H13ClN4O2S2. The maximum Gasteiger partial charge on any atom is 0.232 e. The van der Waals surface area contributed by atoms with Crippen molar-refractivity contribution in [3.8, 4) is 0 Å². The van der Waals surface area contributed by atoms with Crippen LogP contribution in [0.1, 0.15) is 6.42 Å². The first-order chi connectivity index (χ1) is 9.59. The molecule has 0 unspecified atom stereocenters. The normalized spacial score (nSPS) is 11.4. The molecule has 0 bridgehead atoms. The van der Waals surface area contributed by atoms with Gasteiger partial charge in [-0.1, -0.05) is 11.8 Å². The Bertz CT molecular complexity index is 629. The zero-order valence-corrected chi connectivity index (χ0v) is 12.8. The first-order valence-corrected chi connectivity index (χ1v) is 8.79. The van der Waals surface area contributed by atoms with Gasteiger partial charge in [-0.05, 0) is 30.7 Å². The molecule has 108 valence electrons. The number of benzene rings is 1. The van der Waals surface area contributed by atoms with Gasteiger partial charge in [-0.15, -0.1) is 11.6 Å². The van der Waals surface area contributed by atoms with E-state index in [1.165, 1.54) is 18.1 Å². The lowest BCUT2D eigenvalue weighted by atomic mass is 10.3. The van der Waals surface area contributed by atoms with Crippen molar-refractivity contribution in [2.75, 3.05) is 16.4 Å². The number of aromatic nitrogens is 3. The molecule has 1 heterocycles. The summed E-state index contributed by atoms with van der Waals surface area (Å²) in [6.45, 7) is 0. The number of hydrogen-bond donors (Lipinski definition) is 2. The zero-order chi connectivity index (χ0) is 14.4. The van der Waals surface area contributed by atoms with Crippen molar-refractivity contribution in [2.45, 2.75) is 16.5 Å². The lowest BCUT2D eigenvalue weighted by Crippen LogP contribution is -2.16. The number of aromatic amines is 1. The summed E-state index contributed by atoms with van der Waals surface area (Å²) >= 11 is 6.90. The Morgan fingerprint density at radius 3 is 2.65 bits per heavy atom. The second kappa shape index (κ2) is 6.96. The predicted molar refractivity (Wildman–Crippen MR) is 79.7 cm³/mol. The molecule has 0 fully saturated rings. The van der Waals surface area contributed by atoms with Crippen LogP contribution in [0.5, 0.6) is 0 Å². The van der Waals surface area contributed by atoms with Crippen molar-refractivity contribution < 1.29 is 8.42 Å². The summed E-state index contributed by atoms with van der Waals surface area (Å²) in [6.07, 6.45) is 1.86. The standard InChI is InChI=1S/C11H13ClN4O2S2/c12-6-1-7-20(17,18)16-9-2-4-10(5-3-9)19-11-13-8-14-15-11/h2-5,8,16H,1,6-7H2,(H,13,14,15). The number of H-pyrrole nitrogens is 1. The number of nitrogens with one attached hydrogen (secondary N) is 2. The fraction of sp³-hybridized carbons (Fsp3) is 0.273. The average molecular weight is 333 g/mol. The Balaban J connectivity index is 1.98. The van der Waals surface area contributed by atoms with E-state index in [4.69, 9.17) is 11.6 Å². The number of nitrogens with zero attached hydrogens (tertiary/aromatic N) is 2. The number of alkyl halides is 1. The minimum absolute atomic E-state index is 0.0189. The first-order valence-electron chi connectivity index (χ1n) is 5.79. The monoisotopic (exact) mass is 332 g/mol. The van der Waals surface area contributed by atoms with Gasteiger partial charge in [0.25, 0.3) is 0 Å². The number of rotatable bonds is 7. The number of halogens is 1. The van der Waals surface area contributed by atoms with Crippen molar-refractivity contribution in [1.29, 1.82) is 0 Å². The molecule has 0 atom stereocenters. The van der Waals surface area contributed by atoms with Crippen LogP contribution in [0.2, 0.25) is 0 Å². The molecule has 0 aliphatic rings. The Labute approximate surface area is 126 Å². The molecular weight excluding hydrogens is 320 g/mol. The summed E-state index contributed by atoms with van der Waals surface area (Å²) in [4.78, 5) is 4.93. The second-order valence-electron chi connectivity index (χ2n) is 3.88. The molecule has 0 aliphatic heterocycles. The van der Waals surface area contributed by atoms with Gasteiger partial charge in [0.2, 0.25) is 10.0 Å². The molecule has 0 spiro atoms. The van der Waals surface area contributed by atoms with Crippen LogP contribution < -0.4 is 4.72 Å². The minimum Gasteiger partial charge on any atom is -0.284 e. The smallest absolute Gasteiger partial charge is 0.232 e. The lowest BCUT2D eigenvalue weighted by molar-refractivity contribution is 0.600. The Morgan fingerprint density at radius 1 is 1.30 bits per heavy atom. The molecule has 1 aromatic heterocycles. The van der Waals surface area contributed by atoms with E-state index in [-0.39, 0.29) is 5.75 Å². The largest absolute Gasteiger partial charge is 0.284 e. The molecule has 0 saturated heterocycles. The van der Waals surface area contributed by atoms with Crippen molar-refractivity contribution >= 4 is 39.1 Å². The van der Waals surface area contributed by atoms with Crippen LogP contribution in [-0.4, -0.2) is 35.2 Å². The van der Waals surface area contributed by atoms with Crippen molar-refractivity contribution in [3.05, 3.63) is 30.6 Å². The molecule has 0 aliphatic carbocycles. The summed E-state index contributed by atoms with van der Waals surface area (Å²) < 4.78 is 25.9. The number of sulfonamides is 1. The van der Waals surface area contributed by atoms with E-state index in [1.54, 1.807) is 12.1 Å². The van der Waals surface area contributed by atoms with E-state index in [0.29, 0.717) is 23.1 Å². The van der Waals surface area contributed by atoms with Crippen LogP contribution in [0.25, 0.3) is 0 Å². The van der Waals surface area contributed by atoms with E-state index in [2.05, 4.69) is 19.9 Å². The molecule has 6 nitrogen and oxygen atoms in total. The van der Waals surface area contributed by atoms with Gasteiger partial charge in [0, 0.05) is 16.5 Å². The second-order valence-corrected chi connectivity index (χ2v) is 7.16. The van der Waals surface area contributed by atoms with Crippen LogP contribution in [0.3, 0.4) is 0 Å².